The Kier molecular flexibility index (Phi) is 6.35. The summed E-state index contributed by atoms with van der Waals surface area (Å²) in [5.41, 5.74) is -3.33. The highest BCUT2D eigenvalue weighted by atomic mass is 32.2. The summed E-state index contributed by atoms with van der Waals surface area (Å²) in [6.45, 7) is 1.09. The topological polar surface area (TPSA) is 60.0 Å². The Morgan fingerprint density at radius 3 is 2.59 bits per heavy atom. The molecule has 1 atom stereocenters. The fourth-order valence-electron chi connectivity index (χ4n) is 2.42. The number of aliphatic hydroxyl groups is 1. The first-order valence-corrected chi connectivity index (χ1v) is 8.96. The Morgan fingerprint density at radius 1 is 1.11 bits per heavy atom. The van der Waals surface area contributed by atoms with Gasteiger partial charge < -0.3 is 24.6 Å². The molecule has 0 radical (unpaired) electrons. The number of alkyl halides is 3. The highest BCUT2D eigenvalue weighted by Crippen LogP contribution is 2.37. The molecule has 0 spiro atoms. The van der Waals surface area contributed by atoms with Crippen LogP contribution in [-0.2, 0) is 6.54 Å². The third-order valence-electron chi connectivity index (χ3n) is 3.65. The van der Waals surface area contributed by atoms with Crippen LogP contribution >= 0.6 is 11.8 Å². The van der Waals surface area contributed by atoms with Crippen molar-refractivity contribution >= 4 is 11.8 Å². The molecule has 2 aromatic carbocycles. The maximum Gasteiger partial charge on any atom is 0.446 e. The molecule has 3 rings (SSSR count). The van der Waals surface area contributed by atoms with Gasteiger partial charge in [-0.2, -0.15) is 13.2 Å². The number of rotatable bonds is 8. The van der Waals surface area contributed by atoms with Gasteiger partial charge in [0.25, 0.3) is 0 Å². The van der Waals surface area contributed by atoms with E-state index in [4.69, 9.17) is 14.2 Å². The molecule has 0 amide bonds. The lowest BCUT2D eigenvalue weighted by atomic mass is 10.2. The molecule has 5 nitrogen and oxygen atoms in total. The Bertz CT molecular complexity index is 755. The predicted octanol–water partition coefficient (Wildman–Crippen LogP) is 3.56. The molecular weight excluding hydrogens is 383 g/mol. The van der Waals surface area contributed by atoms with E-state index in [1.165, 1.54) is 24.3 Å². The third kappa shape index (κ3) is 6.23. The zero-order chi connectivity index (χ0) is 19.3. The van der Waals surface area contributed by atoms with Gasteiger partial charge in [-0.05, 0) is 53.7 Å². The van der Waals surface area contributed by atoms with Crippen molar-refractivity contribution in [2.24, 2.45) is 0 Å². The molecule has 2 N–H and O–H groups in total. The van der Waals surface area contributed by atoms with E-state index in [1.807, 2.05) is 18.2 Å². The van der Waals surface area contributed by atoms with Gasteiger partial charge in [-0.25, -0.2) is 0 Å². The predicted molar refractivity (Wildman–Crippen MR) is 94.1 cm³/mol. The van der Waals surface area contributed by atoms with E-state index in [9.17, 15) is 18.3 Å². The molecule has 2 aromatic rings. The lowest BCUT2D eigenvalue weighted by Crippen LogP contribution is -2.31. The van der Waals surface area contributed by atoms with Crippen molar-refractivity contribution in [3.05, 3.63) is 48.0 Å². The molecule has 0 fully saturated rings. The molecule has 0 saturated heterocycles. The van der Waals surface area contributed by atoms with Crippen molar-refractivity contribution in [2.75, 3.05) is 19.9 Å². The first kappa shape index (κ1) is 19.7. The third-order valence-corrected chi connectivity index (χ3v) is 4.39. The number of ether oxygens (including phenoxy) is 3. The second-order valence-electron chi connectivity index (χ2n) is 5.80. The Hall–Kier alpha value is -2.10. The second-order valence-corrected chi connectivity index (χ2v) is 6.94. The van der Waals surface area contributed by atoms with Gasteiger partial charge >= 0.3 is 5.51 Å². The average molecular weight is 401 g/mol. The molecule has 0 bridgehead atoms. The molecule has 27 heavy (non-hydrogen) atoms. The monoisotopic (exact) mass is 401 g/mol. The lowest BCUT2D eigenvalue weighted by molar-refractivity contribution is -0.0328. The van der Waals surface area contributed by atoms with E-state index in [2.05, 4.69) is 5.32 Å². The minimum atomic E-state index is -4.32. The maximum absolute atomic E-state index is 12.3. The van der Waals surface area contributed by atoms with E-state index in [1.54, 1.807) is 0 Å². The van der Waals surface area contributed by atoms with Crippen molar-refractivity contribution in [2.45, 2.75) is 23.1 Å². The molecule has 0 aromatic heterocycles. The van der Waals surface area contributed by atoms with E-state index < -0.39 is 11.6 Å². The van der Waals surface area contributed by atoms with Gasteiger partial charge in [0.05, 0.1) is 0 Å². The Morgan fingerprint density at radius 2 is 1.85 bits per heavy atom. The standard InChI is InChI=1S/C18H18F3NO4S/c19-18(20,21)27-15-4-2-14(3-5-15)24-10-13(23)9-22-8-12-1-6-16-17(7-12)26-11-25-16/h1-7,13,22-23H,8-11H2/t13-/m0/s1. The van der Waals surface area contributed by atoms with Gasteiger partial charge in [0.2, 0.25) is 6.79 Å². The molecule has 9 heteroatoms. The van der Waals surface area contributed by atoms with Crippen LogP contribution in [0.4, 0.5) is 13.2 Å². The van der Waals surface area contributed by atoms with Crippen LogP contribution in [0.5, 0.6) is 17.2 Å². The highest BCUT2D eigenvalue weighted by Gasteiger charge is 2.29. The summed E-state index contributed by atoms with van der Waals surface area (Å²) >= 11 is -0.182. The molecule has 0 unspecified atom stereocenters. The summed E-state index contributed by atoms with van der Waals surface area (Å²) in [5.74, 6) is 1.81. The zero-order valence-electron chi connectivity index (χ0n) is 14.2. The number of aliphatic hydroxyl groups excluding tert-OH is 1. The van der Waals surface area contributed by atoms with Crippen LogP contribution in [0.1, 0.15) is 5.56 Å². The Labute approximate surface area is 158 Å². The van der Waals surface area contributed by atoms with Gasteiger partial charge in [0.15, 0.2) is 11.5 Å². The number of hydrogen-bond acceptors (Lipinski definition) is 6. The number of fused-ring (bicyclic) bond motifs is 1. The van der Waals surface area contributed by atoms with Crippen LogP contribution < -0.4 is 19.5 Å². The van der Waals surface area contributed by atoms with Gasteiger partial charge in [-0.15, -0.1) is 0 Å². The zero-order valence-corrected chi connectivity index (χ0v) is 15.0. The SMILES string of the molecule is O[C@@H](CNCc1ccc2c(c1)OCO2)COc1ccc(SC(F)(F)F)cc1. The number of nitrogens with one attached hydrogen (secondary N) is 1. The summed E-state index contributed by atoms with van der Waals surface area (Å²) in [7, 11) is 0. The van der Waals surface area contributed by atoms with E-state index in [-0.39, 0.29) is 30.1 Å². The molecular formula is C18H18F3NO4S. The summed E-state index contributed by atoms with van der Waals surface area (Å²) in [6.07, 6.45) is -0.761. The molecule has 0 aliphatic carbocycles. The van der Waals surface area contributed by atoms with E-state index >= 15 is 0 Å². The van der Waals surface area contributed by atoms with Crippen molar-refractivity contribution in [1.82, 2.24) is 5.32 Å². The number of halogens is 3. The Balaban J connectivity index is 1.37. The van der Waals surface area contributed by atoms with E-state index in [0.29, 0.717) is 30.3 Å². The van der Waals surface area contributed by atoms with E-state index in [0.717, 1.165) is 5.56 Å². The minimum Gasteiger partial charge on any atom is -0.491 e. The van der Waals surface area contributed by atoms with Gasteiger partial charge in [-0.1, -0.05) is 6.07 Å². The normalized spacial score (nSPS) is 14.2. The summed E-state index contributed by atoms with van der Waals surface area (Å²) < 4.78 is 52.8. The second kappa shape index (κ2) is 8.73. The minimum absolute atomic E-state index is 0.0277. The summed E-state index contributed by atoms with van der Waals surface area (Å²) in [5, 5.41) is 13.1. The van der Waals surface area contributed by atoms with Crippen LogP contribution in [-0.4, -0.2) is 36.7 Å². The fraction of sp³-hybridized carbons (Fsp3) is 0.333. The van der Waals surface area contributed by atoms with Crippen LogP contribution in [0, 0.1) is 0 Å². The van der Waals surface area contributed by atoms with Gasteiger partial charge in [-0.3, -0.25) is 0 Å². The van der Waals surface area contributed by atoms with Crippen LogP contribution in [0.25, 0.3) is 0 Å². The first-order valence-electron chi connectivity index (χ1n) is 8.15. The van der Waals surface area contributed by atoms with Gasteiger partial charge in [0, 0.05) is 18.0 Å². The largest absolute Gasteiger partial charge is 0.491 e. The van der Waals surface area contributed by atoms with Gasteiger partial charge in [0.1, 0.15) is 18.5 Å². The molecule has 0 saturated carbocycles. The number of hydrogen-bond donors (Lipinski definition) is 2. The molecule has 1 aliphatic rings. The number of thioether (sulfide) groups is 1. The lowest BCUT2D eigenvalue weighted by Gasteiger charge is -2.14. The van der Waals surface area contributed by atoms with Crippen molar-refractivity contribution < 1.29 is 32.5 Å². The summed E-state index contributed by atoms with van der Waals surface area (Å²) in [6, 6.07) is 11.2. The average Bonchev–Trinajstić information content (AvgIpc) is 3.07. The van der Waals surface area contributed by atoms with Crippen LogP contribution in [0.2, 0.25) is 0 Å². The smallest absolute Gasteiger partial charge is 0.446 e. The van der Waals surface area contributed by atoms with Crippen molar-refractivity contribution in [3.63, 3.8) is 0 Å². The fourth-order valence-corrected chi connectivity index (χ4v) is 2.96. The van der Waals surface area contributed by atoms with Crippen molar-refractivity contribution in [1.29, 1.82) is 0 Å². The first-order chi connectivity index (χ1) is 12.9. The van der Waals surface area contributed by atoms with Crippen LogP contribution in [0.15, 0.2) is 47.4 Å². The quantitative estimate of drug-likeness (QED) is 0.660. The summed E-state index contributed by atoms with van der Waals surface area (Å²) in [4.78, 5) is 0.0841. The van der Waals surface area contributed by atoms with Crippen molar-refractivity contribution in [3.8, 4) is 17.2 Å². The number of benzene rings is 2. The molecule has 1 heterocycles. The molecule has 146 valence electrons. The van der Waals surface area contributed by atoms with Crippen LogP contribution in [0.3, 0.4) is 0 Å². The highest BCUT2D eigenvalue weighted by molar-refractivity contribution is 8.00. The molecule has 1 aliphatic heterocycles. The maximum atomic E-state index is 12.3.